The summed E-state index contributed by atoms with van der Waals surface area (Å²) in [6.07, 6.45) is 4.70. The Morgan fingerprint density at radius 2 is 2.40 bits per heavy atom. The minimum absolute atomic E-state index is 0.0806. The number of pyridine rings is 1. The van der Waals surface area contributed by atoms with Crippen LogP contribution in [0, 0.1) is 6.92 Å². The standard InChI is InChI=1S/C10H11N3O2/c1-7-2-10(14)13(5-9(7)11)4-8-3-12-15-6-8/h2-3,5-6H,4,11H2,1H3. The number of hydrogen-bond donors (Lipinski definition) is 1. The average Bonchev–Trinajstić information content (AvgIpc) is 2.67. The lowest BCUT2D eigenvalue weighted by Gasteiger charge is -2.06. The Balaban J connectivity index is 2.37. The Labute approximate surface area is 86.1 Å². The van der Waals surface area contributed by atoms with Crippen molar-refractivity contribution in [2.24, 2.45) is 0 Å². The van der Waals surface area contributed by atoms with Crippen molar-refractivity contribution >= 4 is 5.69 Å². The quantitative estimate of drug-likeness (QED) is 0.786. The van der Waals surface area contributed by atoms with E-state index in [0.29, 0.717) is 12.2 Å². The van der Waals surface area contributed by atoms with E-state index in [4.69, 9.17) is 5.73 Å². The highest BCUT2D eigenvalue weighted by Crippen LogP contribution is 2.07. The summed E-state index contributed by atoms with van der Waals surface area (Å²) in [7, 11) is 0. The molecule has 0 aliphatic carbocycles. The second kappa shape index (κ2) is 3.61. The topological polar surface area (TPSA) is 74.0 Å². The molecule has 0 aromatic carbocycles. The number of nitrogens with zero attached hydrogens (tertiary/aromatic N) is 2. The Morgan fingerprint density at radius 1 is 1.60 bits per heavy atom. The first kappa shape index (κ1) is 9.51. The van der Waals surface area contributed by atoms with Crippen LogP contribution in [0.5, 0.6) is 0 Å². The van der Waals surface area contributed by atoms with Crippen molar-refractivity contribution in [3.8, 4) is 0 Å². The average molecular weight is 205 g/mol. The molecule has 0 aliphatic heterocycles. The van der Waals surface area contributed by atoms with Crippen LogP contribution in [-0.2, 0) is 6.54 Å². The molecule has 0 amide bonds. The Kier molecular flexibility index (Phi) is 2.29. The van der Waals surface area contributed by atoms with Gasteiger partial charge in [-0.15, -0.1) is 0 Å². The number of hydrogen-bond acceptors (Lipinski definition) is 4. The SMILES string of the molecule is Cc1cc(=O)n(Cc2cnoc2)cc1N. The highest BCUT2D eigenvalue weighted by atomic mass is 16.5. The number of nitrogens with two attached hydrogens (primary N) is 1. The monoisotopic (exact) mass is 205 g/mol. The highest BCUT2D eigenvalue weighted by molar-refractivity contribution is 5.43. The van der Waals surface area contributed by atoms with Crippen LogP contribution >= 0.6 is 0 Å². The Bertz CT molecular complexity index is 514. The van der Waals surface area contributed by atoms with E-state index in [9.17, 15) is 4.79 Å². The number of aromatic nitrogens is 2. The second-order valence-electron chi connectivity index (χ2n) is 3.41. The molecule has 0 atom stereocenters. The fraction of sp³-hybridized carbons (Fsp3) is 0.200. The van der Waals surface area contributed by atoms with E-state index >= 15 is 0 Å². The molecule has 5 heteroatoms. The van der Waals surface area contributed by atoms with Crippen molar-refractivity contribution in [2.45, 2.75) is 13.5 Å². The van der Waals surface area contributed by atoms with Gasteiger partial charge in [0, 0.05) is 17.8 Å². The summed E-state index contributed by atoms with van der Waals surface area (Å²) >= 11 is 0. The lowest BCUT2D eigenvalue weighted by atomic mass is 10.2. The van der Waals surface area contributed by atoms with Crippen LogP contribution in [0.25, 0.3) is 0 Å². The van der Waals surface area contributed by atoms with Gasteiger partial charge in [0.05, 0.1) is 18.4 Å². The molecule has 0 saturated carbocycles. The Hall–Kier alpha value is -2.04. The highest BCUT2D eigenvalue weighted by Gasteiger charge is 2.02. The van der Waals surface area contributed by atoms with Gasteiger partial charge >= 0.3 is 0 Å². The maximum absolute atomic E-state index is 11.6. The zero-order valence-corrected chi connectivity index (χ0v) is 8.30. The molecule has 0 saturated heterocycles. The van der Waals surface area contributed by atoms with Gasteiger partial charge in [0.25, 0.3) is 5.56 Å². The third-order valence-corrected chi connectivity index (χ3v) is 2.21. The minimum atomic E-state index is -0.0806. The fourth-order valence-electron chi connectivity index (χ4n) is 1.31. The van der Waals surface area contributed by atoms with Crippen LogP contribution in [0.4, 0.5) is 5.69 Å². The van der Waals surface area contributed by atoms with Gasteiger partial charge in [-0.3, -0.25) is 4.79 Å². The van der Waals surface area contributed by atoms with E-state index in [1.807, 2.05) is 0 Å². The molecule has 0 aliphatic rings. The third kappa shape index (κ3) is 1.90. The molecule has 2 aromatic heterocycles. The summed E-state index contributed by atoms with van der Waals surface area (Å²) in [5, 5.41) is 3.57. The normalized spacial score (nSPS) is 10.5. The first-order valence-electron chi connectivity index (χ1n) is 4.51. The van der Waals surface area contributed by atoms with Crippen molar-refractivity contribution in [2.75, 3.05) is 5.73 Å². The molecule has 2 aromatic rings. The molecule has 0 radical (unpaired) electrons. The summed E-state index contributed by atoms with van der Waals surface area (Å²) in [4.78, 5) is 11.6. The van der Waals surface area contributed by atoms with Crippen molar-refractivity contribution < 1.29 is 4.52 Å². The molecule has 0 unspecified atom stereocenters. The zero-order chi connectivity index (χ0) is 10.8. The van der Waals surface area contributed by atoms with Gasteiger partial charge in [0.2, 0.25) is 0 Å². The molecule has 0 bridgehead atoms. The predicted molar refractivity (Wildman–Crippen MR) is 55.5 cm³/mol. The number of anilines is 1. The summed E-state index contributed by atoms with van der Waals surface area (Å²) in [6, 6.07) is 1.52. The smallest absolute Gasteiger partial charge is 0.251 e. The van der Waals surface area contributed by atoms with Crippen LogP contribution in [0.2, 0.25) is 0 Å². The van der Waals surface area contributed by atoms with E-state index in [2.05, 4.69) is 9.68 Å². The van der Waals surface area contributed by atoms with Crippen LogP contribution in [0.15, 0.2) is 34.0 Å². The number of rotatable bonds is 2. The van der Waals surface area contributed by atoms with E-state index in [1.54, 1.807) is 19.3 Å². The van der Waals surface area contributed by atoms with Gasteiger partial charge in [-0.25, -0.2) is 0 Å². The molecular weight excluding hydrogens is 194 g/mol. The van der Waals surface area contributed by atoms with Crippen LogP contribution in [0.3, 0.4) is 0 Å². The maximum Gasteiger partial charge on any atom is 0.251 e. The summed E-state index contributed by atoms with van der Waals surface area (Å²) in [5.74, 6) is 0. The number of aryl methyl sites for hydroxylation is 1. The van der Waals surface area contributed by atoms with Gasteiger partial charge in [-0.2, -0.15) is 0 Å². The largest absolute Gasteiger partial charge is 0.397 e. The first-order valence-corrected chi connectivity index (χ1v) is 4.51. The lowest BCUT2D eigenvalue weighted by molar-refractivity contribution is 0.418. The molecule has 15 heavy (non-hydrogen) atoms. The molecule has 2 heterocycles. The fourth-order valence-corrected chi connectivity index (χ4v) is 1.31. The van der Waals surface area contributed by atoms with Crippen LogP contribution in [0.1, 0.15) is 11.1 Å². The summed E-state index contributed by atoms with van der Waals surface area (Å²) in [5.41, 5.74) is 7.87. The van der Waals surface area contributed by atoms with Crippen molar-refractivity contribution in [3.05, 3.63) is 46.2 Å². The summed E-state index contributed by atoms with van der Waals surface area (Å²) < 4.78 is 6.21. The lowest BCUT2D eigenvalue weighted by Crippen LogP contribution is -2.20. The van der Waals surface area contributed by atoms with Gasteiger partial charge < -0.3 is 14.8 Å². The molecular formula is C10H11N3O2. The molecule has 5 nitrogen and oxygen atoms in total. The van der Waals surface area contributed by atoms with Gasteiger partial charge in [0.15, 0.2) is 0 Å². The van der Waals surface area contributed by atoms with E-state index in [1.165, 1.54) is 16.9 Å². The third-order valence-electron chi connectivity index (χ3n) is 2.21. The van der Waals surface area contributed by atoms with Crippen LogP contribution in [-0.4, -0.2) is 9.72 Å². The molecule has 0 spiro atoms. The molecule has 0 fully saturated rings. The van der Waals surface area contributed by atoms with E-state index < -0.39 is 0 Å². The van der Waals surface area contributed by atoms with Crippen molar-refractivity contribution in [1.82, 2.24) is 9.72 Å². The van der Waals surface area contributed by atoms with Gasteiger partial charge in [0.1, 0.15) is 6.26 Å². The first-order chi connectivity index (χ1) is 7.16. The van der Waals surface area contributed by atoms with E-state index in [0.717, 1.165) is 11.1 Å². The van der Waals surface area contributed by atoms with Gasteiger partial charge in [-0.05, 0) is 12.5 Å². The summed E-state index contributed by atoms with van der Waals surface area (Å²) in [6.45, 7) is 2.23. The molecule has 78 valence electrons. The second-order valence-corrected chi connectivity index (χ2v) is 3.41. The molecule has 2 rings (SSSR count). The zero-order valence-electron chi connectivity index (χ0n) is 8.30. The van der Waals surface area contributed by atoms with E-state index in [-0.39, 0.29) is 5.56 Å². The Morgan fingerprint density at radius 3 is 3.07 bits per heavy atom. The van der Waals surface area contributed by atoms with Crippen molar-refractivity contribution in [3.63, 3.8) is 0 Å². The van der Waals surface area contributed by atoms with Crippen LogP contribution < -0.4 is 11.3 Å². The maximum atomic E-state index is 11.6. The van der Waals surface area contributed by atoms with Gasteiger partial charge in [-0.1, -0.05) is 5.16 Å². The number of nitrogen functional groups attached to an aromatic ring is 1. The predicted octanol–water partition coefficient (Wildman–Crippen LogP) is 0.775. The minimum Gasteiger partial charge on any atom is -0.397 e. The van der Waals surface area contributed by atoms with Crippen molar-refractivity contribution in [1.29, 1.82) is 0 Å². The molecule has 2 N–H and O–H groups in total.